The topological polar surface area (TPSA) is 59.3 Å². The molecule has 0 N–H and O–H groups in total. The van der Waals surface area contributed by atoms with Crippen LogP contribution in [0.25, 0.3) is 11.1 Å². The van der Waals surface area contributed by atoms with E-state index in [-0.39, 0.29) is 5.97 Å². The van der Waals surface area contributed by atoms with Crippen LogP contribution in [0.2, 0.25) is 0 Å². The summed E-state index contributed by atoms with van der Waals surface area (Å²) in [6, 6.07) is 23.5. The summed E-state index contributed by atoms with van der Waals surface area (Å²) >= 11 is 0. The second-order valence-electron chi connectivity index (χ2n) is 6.65. The average molecular weight is 385 g/mol. The van der Waals surface area contributed by atoms with Crippen molar-refractivity contribution in [3.8, 4) is 22.9 Å². The minimum atomic E-state index is -0.357. The molecule has 29 heavy (non-hydrogen) atoms. The molecule has 0 heterocycles. The number of esters is 1. The Morgan fingerprint density at radius 2 is 1.69 bits per heavy atom. The number of ether oxygens (including phenoxy) is 2. The van der Waals surface area contributed by atoms with Gasteiger partial charge in [-0.05, 0) is 52.9 Å². The van der Waals surface area contributed by atoms with Gasteiger partial charge in [0.1, 0.15) is 12.4 Å². The molecular formula is C25H23NO3. The lowest BCUT2D eigenvalue weighted by molar-refractivity contribution is 0.0600. The number of carbonyl (C=O) groups excluding carboxylic acids is 1. The van der Waals surface area contributed by atoms with Gasteiger partial charge >= 0.3 is 5.97 Å². The maximum Gasteiger partial charge on any atom is 0.337 e. The van der Waals surface area contributed by atoms with Gasteiger partial charge in [-0.2, -0.15) is 5.26 Å². The Labute approximate surface area is 171 Å². The number of nitriles is 1. The van der Waals surface area contributed by atoms with Crippen LogP contribution in [0.5, 0.6) is 5.75 Å². The molecule has 0 aliphatic heterocycles. The first-order valence-corrected chi connectivity index (χ1v) is 9.54. The van der Waals surface area contributed by atoms with Crippen molar-refractivity contribution < 1.29 is 14.3 Å². The van der Waals surface area contributed by atoms with Crippen molar-refractivity contribution in [3.05, 3.63) is 89.0 Å². The van der Waals surface area contributed by atoms with Gasteiger partial charge in [-0.3, -0.25) is 0 Å². The first-order chi connectivity index (χ1) is 14.2. The van der Waals surface area contributed by atoms with Crippen molar-refractivity contribution in [2.45, 2.75) is 26.4 Å². The van der Waals surface area contributed by atoms with Crippen LogP contribution in [0.15, 0.2) is 66.7 Å². The van der Waals surface area contributed by atoms with Crippen LogP contribution in [0.1, 0.15) is 34.0 Å². The Bertz CT molecular complexity index is 1030. The fourth-order valence-corrected chi connectivity index (χ4v) is 3.22. The molecule has 3 rings (SSSR count). The molecule has 3 aromatic carbocycles. The normalized spacial score (nSPS) is 10.2. The molecule has 146 valence electrons. The van der Waals surface area contributed by atoms with Crippen LogP contribution < -0.4 is 4.74 Å². The van der Waals surface area contributed by atoms with E-state index >= 15 is 0 Å². The van der Waals surface area contributed by atoms with Crippen molar-refractivity contribution in [2.75, 3.05) is 7.11 Å². The Morgan fingerprint density at radius 3 is 2.38 bits per heavy atom. The van der Waals surface area contributed by atoms with Crippen LogP contribution in [0.3, 0.4) is 0 Å². The van der Waals surface area contributed by atoms with E-state index in [0.717, 1.165) is 34.4 Å². The number of nitrogens with zero attached hydrogens (tertiary/aromatic N) is 1. The summed E-state index contributed by atoms with van der Waals surface area (Å²) in [6.07, 6.45) is 1.27. The highest BCUT2D eigenvalue weighted by atomic mass is 16.5. The number of carbonyl (C=O) groups is 1. The molecule has 0 amide bonds. The number of aryl methyl sites for hydroxylation is 1. The fraction of sp³-hybridized carbons (Fsp3) is 0.200. The standard InChI is InChI=1S/C25H23NO3/c1-3-20-6-4-5-7-22(20)23-16-18(14-15-26)10-13-24(23)29-17-19-8-11-21(12-9-19)25(27)28-2/h4-13,16H,3,14,17H2,1-2H3. The van der Waals surface area contributed by atoms with Crippen LogP contribution >= 0.6 is 0 Å². The maximum atomic E-state index is 11.6. The summed E-state index contributed by atoms with van der Waals surface area (Å²) in [6.45, 7) is 2.50. The number of benzene rings is 3. The van der Waals surface area contributed by atoms with Gasteiger partial charge in [-0.25, -0.2) is 4.79 Å². The number of methoxy groups -OCH3 is 1. The summed E-state index contributed by atoms with van der Waals surface area (Å²) in [7, 11) is 1.37. The van der Waals surface area contributed by atoms with E-state index in [1.54, 1.807) is 12.1 Å². The molecule has 4 nitrogen and oxygen atoms in total. The molecule has 0 aliphatic rings. The monoisotopic (exact) mass is 385 g/mol. The Morgan fingerprint density at radius 1 is 0.966 bits per heavy atom. The number of hydrogen-bond donors (Lipinski definition) is 0. The van der Waals surface area contributed by atoms with Crippen molar-refractivity contribution >= 4 is 5.97 Å². The SMILES string of the molecule is CCc1ccccc1-c1cc(CC#N)ccc1OCc1ccc(C(=O)OC)cc1. The molecule has 0 aromatic heterocycles. The van der Waals surface area contributed by atoms with Gasteiger partial charge in [0.25, 0.3) is 0 Å². The minimum Gasteiger partial charge on any atom is -0.488 e. The number of hydrogen-bond acceptors (Lipinski definition) is 4. The van der Waals surface area contributed by atoms with Crippen molar-refractivity contribution in [2.24, 2.45) is 0 Å². The fourth-order valence-electron chi connectivity index (χ4n) is 3.22. The second-order valence-corrected chi connectivity index (χ2v) is 6.65. The van der Waals surface area contributed by atoms with E-state index in [0.29, 0.717) is 18.6 Å². The molecule has 0 fully saturated rings. The van der Waals surface area contributed by atoms with Crippen molar-refractivity contribution in [1.29, 1.82) is 5.26 Å². The third-order valence-corrected chi connectivity index (χ3v) is 4.78. The van der Waals surface area contributed by atoms with E-state index in [4.69, 9.17) is 14.7 Å². The summed E-state index contributed by atoms with van der Waals surface area (Å²) < 4.78 is 10.9. The molecule has 0 atom stereocenters. The lowest BCUT2D eigenvalue weighted by atomic mass is 9.95. The summed E-state index contributed by atoms with van der Waals surface area (Å²) in [5.41, 5.74) is 5.76. The van der Waals surface area contributed by atoms with Crippen LogP contribution in [0.4, 0.5) is 0 Å². The van der Waals surface area contributed by atoms with Gasteiger partial charge in [-0.15, -0.1) is 0 Å². The molecule has 4 heteroatoms. The Balaban J connectivity index is 1.89. The van der Waals surface area contributed by atoms with Gasteiger partial charge in [-0.1, -0.05) is 49.4 Å². The van der Waals surface area contributed by atoms with Gasteiger partial charge in [0.05, 0.1) is 25.2 Å². The Kier molecular flexibility index (Phi) is 6.65. The molecule has 0 bridgehead atoms. The maximum absolute atomic E-state index is 11.6. The van der Waals surface area contributed by atoms with Crippen molar-refractivity contribution in [1.82, 2.24) is 0 Å². The highest BCUT2D eigenvalue weighted by molar-refractivity contribution is 5.89. The lowest BCUT2D eigenvalue weighted by Gasteiger charge is -2.15. The molecule has 3 aromatic rings. The van der Waals surface area contributed by atoms with Gasteiger partial charge in [0, 0.05) is 5.56 Å². The van der Waals surface area contributed by atoms with Crippen LogP contribution in [0, 0.1) is 11.3 Å². The average Bonchev–Trinajstić information content (AvgIpc) is 2.78. The summed E-state index contributed by atoms with van der Waals surface area (Å²) in [5.74, 6) is 0.411. The largest absolute Gasteiger partial charge is 0.488 e. The van der Waals surface area contributed by atoms with E-state index in [1.807, 2.05) is 42.5 Å². The highest BCUT2D eigenvalue weighted by Crippen LogP contribution is 2.34. The zero-order valence-corrected chi connectivity index (χ0v) is 16.6. The minimum absolute atomic E-state index is 0.357. The number of rotatable bonds is 7. The van der Waals surface area contributed by atoms with Crippen LogP contribution in [-0.2, 0) is 24.2 Å². The van der Waals surface area contributed by atoms with Crippen molar-refractivity contribution in [3.63, 3.8) is 0 Å². The highest BCUT2D eigenvalue weighted by Gasteiger charge is 2.12. The molecule has 0 spiro atoms. The Hall–Kier alpha value is -3.58. The molecular weight excluding hydrogens is 362 g/mol. The van der Waals surface area contributed by atoms with Crippen LogP contribution in [-0.4, -0.2) is 13.1 Å². The second kappa shape index (κ2) is 9.57. The van der Waals surface area contributed by atoms with Gasteiger partial charge < -0.3 is 9.47 Å². The third kappa shape index (κ3) is 4.83. The molecule has 0 saturated carbocycles. The van der Waals surface area contributed by atoms with E-state index in [1.165, 1.54) is 12.7 Å². The van der Waals surface area contributed by atoms with E-state index < -0.39 is 0 Å². The van der Waals surface area contributed by atoms with E-state index in [2.05, 4.69) is 25.1 Å². The lowest BCUT2D eigenvalue weighted by Crippen LogP contribution is -2.02. The summed E-state index contributed by atoms with van der Waals surface area (Å²) in [4.78, 5) is 11.6. The predicted octanol–water partition coefficient (Wildman–Crippen LogP) is 5.35. The molecule has 0 unspecified atom stereocenters. The zero-order valence-electron chi connectivity index (χ0n) is 16.6. The van der Waals surface area contributed by atoms with E-state index in [9.17, 15) is 4.79 Å². The molecule has 0 radical (unpaired) electrons. The zero-order chi connectivity index (χ0) is 20.6. The molecule has 0 saturated heterocycles. The third-order valence-electron chi connectivity index (χ3n) is 4.78. The first-order valence-electron chi connectivity index (χ1n) is 9.54. The molecule has 0 aliphatic carbocycles. The quantitative estimate of drug-likeness (QED) is 0.515. The predicted molar refractivity (Wildman–Crippen MR) is 113 cm³/mol. The van der Waals surface area contributed by atoms with Gasteiger partial charge in [0.15, 0.2) is 0 Å². The van der Waals surface area contributed by atoms with Gasteiger partial charge in [0.2, 0.25) is 0 Å². The summed E-state index contributed by atoms with van der Waals surface area (Å²) in [5, 5.41) is 9.07. The first kappa shape index (κ1) is 20.2. The smallest absolute Gasteiger partial charge is 0.337 e.